The predicted molar refractivity (Wildman–Crippen MR) is 138 cm³/mol. The predicted octanol–water partition coefficient (Wildman–Crippen LogP) is 4.60. The van der Waals surface area contributed by atoms with Crippen LogP contribution in [0.3, 0.4) is 0 Å². The minimum Gasteiger partial charge on any atom is -0.497 e. The number of rotatable bonds is 5. The van der Waals surface area contributed by atoms with Crippen molar-refractivity contribution in [2.75, 3.05) is 25.5 Å². The molecule has 1 saturated heterocycles. The number of piperidine rings is 1. The van der Waals surface area contributed by atoms with Crippen molar-refractivity contribution >= 4 is 53.4 Å². The fourth-order valence-electron chi connectivity index (χ4n) is 5.24. The number of amides is 1. The molecule has 1 aliphatic carbocycles. The van der Waals surface area contributed by atoms with E-state index in [0.29, 0.717) is 30.3 Å². The second-order valence-corrected chi connectivity index (χ2v) is 12.1. The number of sulfonamides is 1. The minimum absolute atomic E-state index is 0.154. The lowest BCUT2D eigenvalue weighted by atomic mass is 9.99. The van der Waals surface area contributed by atoms with Crippen LogP contribution >= 0.6 is 11.3 Å². The van der Waals surface area contributed by atoms with Crippen LogP contribution < -0.4 is 10.1 Å². The lowest BCUT2D eigenvalue weighted by Gasteiger charge is -2.31. The topological polar surface area (TPSA) is 88.6 Å². The third-order valence-corrected chi connectivity index (χ3v) is 9.83. The summed E-state index contributed by atoms with van der Waals surface area (Å²) < 4.78 is 33.9. The lowest BCUT2D eigenvalue weighted by molar-refractivity contribution is -0.120. The van der Waals surface area contributed by atoms with E-state index in [2.05, 4.69) is 29.6 Å². The average molecular weight is 508 g/mol. The summed E-state index contributed by atoms with van der Waals surface area (Å²) in [5.74, 6) is -0.0182. The van der Waals surface area contributed by atoms with Gasteiger partial charge in [0.15, 0.2) is 5.13 Å². The molecule has 0 spiro atoms. The summed E-state index contributed by atoms with van der Waals surface area (Å²) in [5.41, 5.74) is 3.62. The molecule has 1 aromatic heterocycles. The molecule has 0 saturated carbocycles. The van der Waals surface area contributed by atoms with Gasteiger partial charge in [-0.3, -0.25) is 4.79 Å². The van der Waals surface area contributed by atoms with Crippen LogP contribution in [0.4, 0.5) is 5.13 Å². The summed E-state index contributed by atoms with van der Waals surface area (Å²) in [6.45, 7) is 0.553. The fraction of sp³-hybridized carbons (Fsp3) is 0.308. The van der Waals surface area contributed by atoms with Gasteiger partial charge < -0.3 is 10.1 Å². The zero-order valence-corrected chi connectivity index (χ0v) is 20.9. The van der Waals surface area contributed by atoms with E-state index in [-0.39, 0.29) is 17.3 Å². The molecule has 35 heavy (non-hydrogen) atoms. The first-order valence-electron chi connectivity index (χ1n) is 11.7. The summed E-state index contributed by atoms with van der Waals surface area (Å²) in [5, 5.41) is 5.97. The maximum atomic E-state index is 13.2. The molecular weight excluding hydrogens is 482 g/mol. The normalized spacial score (nSPS) is 18.3. The van der Waals surface area contributed by atoms with Gasteiger partial charge in [0, 0.05) is 18.5 Å². The van der Waals surface area contributed by atoms with Gasteiger partial charge in [-0.2, -0.15) is 4.31 Å². The van der Waals surface area contributed by atoms with E-state index in [1.807, 2.05) is 0 Å². The summed E-state index contributed by atoms with van der Waals surface area (Å²) in [7, 11) is -2.15. The molecule has 7 nitrogen and oxygen atoms in total. The second kappa shape index (κ2) is 8.58. The Morgan fingerprint density at radius 3 is 2.74 bits per heavy atom. The Balaban J connectivity index is 1.22. The summed E-state index contributed by atoms with van der Waals surface area (Å²) in [6, 6.07) is 14.9. The maximum Gasteiger partial charge on any atom is 0.243 e. The zero-order valence-electron chi connectivity index (χ0n) is 19.3. The molecule has 1 fully saturated rings. The smallest absolute Gasteiger partial charge is 0.243 e. The standard InChI is InChI=1S/C26H25N3O4S2/c1-33-19-9-11-20(12-10-19)35(31,32)29-13-3-5-18(15-29)25(30)28-26-27-24-21-6-2-4-16-7-8-17(23(16)21)14-22(24)34-26/h2,4,6,9-12,14,18H,3,5,7-8,13,15H2,1H3,(H,27,28,30). The van der Waals surface area contributed by atoms with E-state index in [0.717, 1.165) is 28.4 Å². The van der Waals surface area contributed by atoms with Gasteiger partial charge in [-0.05, 0) is 72.5 Å². The Labute approximate surface area is 207 Å². The number of hydrogen-bond donors (Lipinski definition) is 1. The first-order valence-corrected chi connectivity index (χ1v) is 14.0. The van der Waals surface area contributed by atoms with Crippen LogP contribution in [0.2, 0.25) is 0 Å². The highest BCUT2D eigenvalue weighted by molar-refractivity contribution is 7.89. The molecule has 4 aromatic rings. The maximum absolute atomic E-state index is 13.2. The van der Waals surface area contributed by atoms with Gasteiger partial charge in [0.1, 0.15) is 5.75 Å². The quantitative estimate of drug-likeness (QED) is 0.427. The molecule has 2 aliphatic rings. The first-order chi connectivity index (χ1) is 16.9. The fourth-order valence-corrected chi connectivity index (χ4v) is 7.71. The highest BCUT2D eigenvalue weighted by Crippen LogP contribution is 2.39. The van der Waals surface area contributed by atoms with Gasteiger partial charge in [-0.25, -0.2) is 13.4 Å². The Hall–Kier alpha value is -3.01. The van der Waals surface area contributed by atoms with E-state index < -0.39 is 15.9 Å². The van der Waals surface area contributed by atoms with E-state index in [4.69, 9.17) is 9.72 Å². The van der Waals surface area contributed by atoms with Crippen molar-refractivity contribution in [2.24, 2.45) is 5.92 Å². The van der Waals surface area contributed by atoms with E-state index in [9.17, 15) is 13.2 Å². The first kappa shape index (κ1) is 22.5. The largest absolute Gasteiger partial charge is 0.497 e. The number of nitrogens with one attached hydrogen (secondary N) is 1. The molecule has 1 N–H and O–H groups in total. The zero-order chi connectivity index (χ0) is 24.2. The third-order valence-electron chi connectivity index (χ3n) is 7.03. The van der Waals surface area contributed by atoms with Gasteiger partial charge >= 0.3 is 0 Å². The SMILES string of the molecule is COc1ccc(S(=O)(=O)N2CCCC(C(=O)Nc3nc4c(cc5c6c(cccc64)CC5)s3)C2)cc1. The monoisotopic (exact) mass is 507 g/mol. The Morgan fingerprint density at radius 2 is 1.94 bits per heavy atom. The van der Waals surface area contributed by atoms with E-state index in [1.165, 1.54) is 51.4 Å². The summed E-state index contributed by atoms with van der Waals surface area (Å²) in [6.07, 6.45) is 3.36. The lowest BCUT2D eigenvalue weighted by Crippen LogP contribution is -2.43. The second-order valence-electron chi connectivity index (χ2n) is 9.11. The Morgan fingerprint density at radius 1 is 1.14 bits per heavy atom. The average Bonchev–Trinajstić information content (AvgIpc) is 3.49. The number of carbonyl (C=O) groups excluding carboxylic acids is 1. The van der Waals surface area contributed by atoms with Crippen molar-refractivity contribution < 1.29 is 17.9 Å². The van der Waals surface area contributed by atoms with Crippen LogP contribution in [-0.4, -0.2) is 43.8 Å². The molecule has 0 bridgehead atoms. The molecule has 1 aliphatic heterocycles. The van der Waals surface area contributed by atoms with Gasteiger partial charge in [-0.1, -0.05) is 29.5 Å². The number of anilines is 1. The number of methoxy groups -OCH3 is 1. The Bertz CT molecular complexity index is 1560. The number of fused-ring (bicyclic) bond motifs is 2. The van der Waals surface area contributed by atoms with Crippen LogP contribution in [0, 0.1) is 5.92 Å². The van der Waals surface area contributed by atoms with Gasteiger partial charge in [-0.15, -0.1) is 0 Å². The highest BCUT2D eigenvalue weighted by Gasteiger charge is 2.33. The van der Waals surface area contributed by atoms with Crippen molar-refractivity contribution in [2.45, 2.75) is 30.6 Å². The number of carbonyl (C=O) groups is 1. The molecule has 180 valence electrons. The molecule has 0 radical (unpaired) electrons. The van der Waals surface area contributed by atoms with Gasteiger partial charge in [0.2, 0.25) is 15.9 Å². The number of nitrogens with zero attached hydrogens (tertiary/aromatic N) is 2. The number of aromatic nitrogens is 1. The highest BCUT2D eigenvalue weighted by atomic mass is 32.2. The van der Waals surface area contributed by atoms with Crippen LogP contribution in [0.1, 0.15) is 24.0 Å². The molecule has 6 rings (SSSR count). The molecule has 1 unspecified atom stereocenters. The molecule has 1 atom stereocenters. The molecule has 3 aromatic carbocycles. The molecule has 1 amide bonds. The minimum atomic E-state index is -3.69. The summed E-state index contributed by atoms with van der Waals surface area (Å²) in [4.78, 5) is 18.1. The van der Waals surface area contributed by atoms with Gasteiger partial charge in [0.25, 0.3) is 0 Å². The van der Waals surface area contributed by atoms with Crippen LogP contribution in [-0.2, 0) is 27.7 Å². The van der Waals surface area contributed by atoms with E-state index >= 15 is 0 Å². The van der Waals surface area contributed by atoms with Crippen molar-refractivity contribution in [3.05, 3.63) is 59.7 Å². The number of benzene rings is 3. The molecule has 2 heterocycles. The van der Waals surface area contributed by atoms with Crippen LogP contribution in [0.25, 0.3) is 21.0 Å². The number of thiazole rings is 1. The van der Waals surface area contributed by atoms with Gasteiger partial charge in [0.05, 0.1) is 28.1 Å². The van der Waals surface area contributed by atoms with E-state index in [1.54, 1.807) is 12.1 Å². The Kier molecular flexibility index (Phi) is 5.51. The third kappa shape index (κ3) is 3.87. The van der Waals surface area contributed by atoms with Crippen LogP contribution in [0.5, 0.6) is 5.75 Å². The molecular formula is C26H25N3O4S2. The summed E-state index contributed by atoms with van der Waals surface area (Å²) >= 11 is 1.48. The number of hydrogen-bond acceptors (Lipinski definition) is 6. The number of aryl methyl sites for hydroxylation is 2. The number of ether oxygens (including phenoxy) is 1. The van der Waals surface area contributed by atoms with Crippen molar-refractivity contribution in [1.82, 2.24) is 9.29 Å². The molecule has 9 heteroatoms. The van der Waals surface area contributed by atoms with Crippen molar-refractivity contribution in [3.63, 3.8) is 0 Å². The van der Waals surface area contributed by atoms with Crippen molar-refractivity contribution in [1.29, 1.82) is 0 Å². The van der Waals surface area contributed by atoms with Crippen LogP contribution in [0.15, 0.2) is 53.4 Å². The van der Waals surface area contributed by atoms with Crippen molar-refractivity contribution in [3.8, 4) is 5.75 Å².